The van der Waals surface area contributed by atoms with Gasteiger partial charge in [0.2, 0.25) is 5.91 Å². The normalized spacial score (nSPS) is 12.7. The average Bonchev–Trinajstić information content (AvgIpc) is 2.75. The van der Waals surface area contributed by atoms with Crippen molar-refractivity contribution in [2.24, 2.45) is 0 Å². The lowest BCUT2D eigenvalue weighted by Gasteiger charge is -2.31. The van der Waals surface area contributed by atoms with Crippen LogP contribution < -0.4 is 10.1 Å². The third-order valence-corrected chi connectivity index (χ3v) is 6.24. The van der Waals surface area contributed by atoms with Gasteiger partial charge < -0.3 is 15.0 Å². The SMILES string of the molecule is CC[C@@H](C)NC(=O)[C@H](CC)N(Cc1ccc(C)cc1)C(=O)COc1ccc(Br)c(C)c1. The van der Waals surface area contributed by atoms with E-state index in [1.807, 2.05) is 77.1 Å². The highest BCUT2D eigenvalue weighted by atomic mass is 79.9. The Labute approximate surface area is 194 Å². The Bertz CT molecular complexity index is 883. The maximum atomic E-state index is 13.2. The van der Waals surface area contributed by atoms with Gasteiger partial charge in [-0.05, 0) is 62.9 Å². The van der Waals surface area contributed by atoms with Gasteiger partial charge in [-0.2, -0.15) is 0 Å². The number of nitrogens with one attached hydrogen (secondary N) is 1. The Kier molecular flexibility index (Phi) is 9.56. The van der Waals surface area contributed by atoms with Crippen molar-refractivity contribution in [1.82, 2.24) is 10.2 Å². The highest BCUT2D eigenvalue weighted by Crippen LogP contribution is 2.22. The number of halogens is 1. The second-order valence-electron chi connectivity index (χ2n) is 7.95. The van der Waals surface area contributed by atoms with E-state index in [0.717, 1.165) is 27.6 Å². The summed E-state index contributed by atoms with van der Waals surface area (Å²) in [4.78, 5) is 27.8. The summed E-state index contributed by atoms with van der Waals surface area (Å²) in [5, 5.41) is 3.02. The van der Waals surface area contributed by atoms with Crippen LogP contribution in [-0.2, 0) is 16.1 Å². The van der Waals surface area contributed by atoms with Crippen LogP contribution in [0.1, 0.15) is 50.3 Å². The molecule has 0 aromatic heterocycles. The number of hydrogen-bond acceptors (Lipinski definition) is 3. The van der Waals surface area contributed by atoms with Crippen LogP contribution >= 0.6 is 15.9 Å². The lowest BCUT2D eigenvalue weighted by Crippen LogP contribution is -2.51. The molecule has 0 spiro atoms. The van der Waals surface area contributed by atoms with Gasteiger partial charge in [-0.25, -0.2) is 0 Å². The van der Waals surface area contributed by atoms with E-state index < -0.39 is 6.04 Å². The molecule has 0 saturated carbocycles. The topological polar surface area (TPSA) is 58.6 Å². The summed E-state index contributed by atoms with van der Waals surface area (Å²) in [7, 11) is 0. The van der Waals surface area contributed by atoms with Crippen LogP contribution in [0.5, 0.6) is 5.75 Å². The van der Waals surface area contributed by atoms with E-state index in [0.29, 0.717) is 18.7 Å². The molecule has 168 valence electrons. The van der Waals surface area contributed by atoms with Crippen molar-refractivity contribution in [3.8, 4) is 5.75 Å². The summed E-state index contributed by atoms with van der Waals surface area (Å²) < 4.78 is 6.76. The minimum Gasteiger partial charge on any atom is -0.484 e. The third kappa shape index (κ3) is 7.39. The number of amides is 2. The first-order valence-electron chi connectivity index (χ1n) is 10.8. The van der Waals surface area contributed by atoms with Gasteiger partial charge in [0, 0.05) is 17.1 Å². The van der Waals surface area contributed by atoms with Crippen LogP contribution in [0.15, 0.2) is 46.9 Å². The van der Waals surface area contributed by atoms with Gasteiger partial charge in [-0.1, -0.05) is 59.6 Å². The van der Waals surface area contributed by atoms with Gasteiger partial charge in [0.25, 0.3) is 5.91 Å². The minimum absolute atomic E-state index is 0.0554. The van der Waals surface area contributed by atoms with E-state index in [4.69, 9.17) is 4.74 Å². The monoisotopic (exact) mass is 488 g/mol. The van der Waals surface area contributed by atoms with E-state index >= 15 is 0 Å². The van der Waals surface area contributed by atoms with Crippen molar-refractivity contribution in [3.63, 3.8) is 0 Å². The van der Waals surface area contributed by atoms with Crippen molar-refractivity contribution in [2.75, 3.05) is 6.61 Å². The molecular weight excluding hydrogens is 456 g/mol. The summed E-state index contributed by atoms with van der Waals surface area (Å²) in [5.41, 5.74) is 3.16. The zero-order valence-corrected chi connectivity index (χ0v) is 20.7. The lowest BCUT2D eigenvalue weighted by molar-refractivity contribution is -0.143. The molecule has 0 aliphatic carbocycles. The molecule has 2 aromatic carbocycles. The molecule has 5 nitrogen and oxygen atoms in total. The summed E-state index contributed by atoms with van der Waals surface area (Å²) in [6.45, 7) is 10.1. The van der Waals surface area contributed by atoms with Gasteiger partial charge >= 0.3 is 0 Å². The molecule has 0 aliphatic rings. The fourth-order valence-electron chi connectivity index (χ4n) is 3.19. The quantitative estimate of drug-likeness (QED) is 0.501. The maximum Gasteiger partial charge on any atom is 0.261 e. The molecule has 2 atom stereocenters. The molecular formula is C25H33BrN2O3. The number of hydrogen-bond donors (Lipinski definition) is 1. The van der Waals surface area contributed by atoms with Gasteiger partial charge in [-0.3, -0.25) is 9.59 Å². The molecule has 0 aliphatic heterocycles. The Hall–Kier alpha value is -2.34. The fourth-order valence-corrected chi connectivity index (χ4v) is 3.43. The van der Waals surface area contributed by atoms with Gasteiger partial charge in [0.05, 0.1) is 0 Å². The molecule has 6 heteroatoms. The van der Waals surface area contributed by atoms with Crippen LogP contribution in [0, 0.1) is 13.8 Å². The molecule has 0 heterocycles. The van der Waals surface area contributed by atoms with Crippen molar-refractivity contribution in [3.05, 3.63) is 63.6 Å². The first kappa shape index (κ1) is 24.9. The van der Waals surface area contributed by atoms with Gasteiger partial charge in [0.1, 0.15) is 11.8 Å². The zero-order valence-electron chi connectivity index (χ0n) is 19.1. The number of benzene rings is 2. The second kappa shape index (κ2) is 11.9. The Morgan fingerprint density at radius 2 is 1.74 bits per heavy atom. The second-order valence-corrected chi connectivity index (χ2v) is 8.80. The van der Waals surface area contributed by atoms with Gasteiger partial charge in [0.15, 0.2) is 6.61 Å². The average molecular weight is 489 g/mol. The van der Waals surface area contributed by atoms with Crippen molar-refractivity contribution >= 4 is 27.7 Å². The molecule has 0 radical (unpaired) electrons. The maximum absolute atomic E-state index is 13.2. The van der Waals surface area contributed by atoms with Crippen LogP contribution in [0.4, 0.5) is 0 Å². The van der Waals surface area contributed by atoms with E-state index in [2.05, 4.69) is 21.2 Å². The van der Waals surface area contributed by atoms with Crippen molar-refractivity contribution in [2.45, 2.75) is 66.1 Å². The number of aryl methyl sites for hydroxylation is 2. The smallest absolute Gasteiger partial charge is 0.261 e. The van der Waals surface area contributed by atoms with Crippen molar-refractivity contribution < 1.29 is 14.3 Å². The van der Waals surface area contributed by atoms with E-state index in [1.165, 1.54) is 0 Å². The van der Waals surface area contributed by atoms with Gasteiger partial charge in [-0.15, -0.1) is 0 Å². The number of carbonyl (C=O) groups is 2. The highest BCUT2D eigenvalue weighted by Gasteiger charge is 2.29. The molecule has 31 heavy (non-hydrogen) atoms. The largest absolute Gasteiger partial charge is 0.484 e. The van der Waals surface area contributed by atoms with E-state index in [9.17, 15) is 9.59 Å². The van der Waals surface area contributed by atoms with E-state index in [1.54, 1.807) is 4.90 Å². The molecule has 2 amide bonds. The summed E-state index contributed by atoms with van der Waals surface area (Å²) >= 11 is 3.47. The first-order chi connectivity index (χ1) is 14.7. The fraction of sp³-hybridized carbons (Fsp3) is 0.440. The van der Waals surface area contributed by atoms with Crippen LogP contribution in [0.3, 0.4) is 0 Å². The number of rotatable bonds is 10. The van der Waals surface area contributed by atoms with Crippen LogP contribution in [-0.4, -0.2) is 35.4 Å². The number of nitrogens with zero attached hydrogens (tertiary/aromatic N) is 1. The summed E-state index contributed by atoms with van der Waals surface area (Å²) in [6, 6.07) is 13.1. The highest BCUT2D eigenvalue weighted by molar-refractivity contribution is 9.10. The van der Waals surface area contributed by atoms with Crippen LogP contribution in [0.25, 0.3) is 0 Å². The molecule has 0 bridgehead atoms. The molecule has 0 saturated heterocycles. The third-order valence-electron chi connectivity index (χ3n) is 5.35. The Morgan fingerprint density at radius 1 is 1.06 bits per heavy atom. The lowest BCUT2D eigenvalue weighted by atomic mass is 10.1. The number of carbonyl (C=O) groups excluding carboxylic acids is 2. The standard InChI is InChI=1S/C25H33BrN2O3/c1-6-19(5)27-25(30)23(7-2)28(15-20-10-8-17(3)9-11-20)24(29)16-31-21-12-13-22(26)18(4)14-21/h8-14,19,23H,6-7,15-16H2,1-5H3,(H,27,30)/t19-,23+/m1/s1. The molecule has 2 rings (SSSR count). The summed E-state index contributed by atoms with van der Waals surface area (Å²) in [5.74, 6) is 0.283. The molecule has 0 fully saturated rings. The first-order valence-corrected chi connectivity index (χ1v) is 11.6. The van der Waals surface area contributed by atoms with Crippen LogP contribution in [0.2, 0.25) is 0 Å². The zero-order chi connectivity index (χ0) is 23.0. The predicted molar refractivity (Wildman–Crippen MR) is 128 cm³/mol. The van der Waals surface area contributed by atoms with E-state index in [-0.39, 0.29) is 24.5 Å². The Morgan fingerprint density at radius 3 is 2.32 bits per heavy atom. The Balaban J connectivity index is 2.21. The molecule has 2 aromatic rings. The predicted octanol–water partition coefficient (Wildman–Crippen LogP) is 5.17. The number of ether oxygens (including phenoxy) is 1. The minimum atomic E-state index is -0.557. The molecule has 1 N–H and O–H groups in total. The molecule has 0 unspecified atom stereocenters. The van der Waals surface area contributed by atoms with Crippen molar-refractivity contribution in [1.29, 1.82) is 0 Å². The summed E-state index contributed by atoms with van der Waals surface area (Å²) in [6.07, 6.45) is 1.36.